The molecule has 0 saturated carbocycles. The number of allylic oxidation sites excluding steroid dienone is 4. The summed E-state index contributed by atoms with van der Waals surface area (Å²) in [5, 5.41) is 0. The van der Waals surface area contributed by atoms with Crippen LogP contribution in [0.4, 0.5) is 0 Å². The van der Waals surface area contributed by atoms with E-state index in [-0.39, 0.29) is 24.3 Å². The third-order valence-corrected chi connectivity index (χ3v) is 5.12. The lowest BCUT2D eigenvalue weighted by molar-refractivity contribution is -0.141. The van der Waals surface area contributed by atoms with Gasteiger partial charge in [0, 0.05) is 0 Å². The summed E-state index contributed by atoms with van der Waals surface area (Å²) in [6.45, 7) is 2.81. The Balaban J connectivity index is 1.51. The van der Waals surface area contributed by atoms with E-state index < -0.39 is 36.1 Å². The number of carbonyl (C=O) groups excluding carboxylic acids is 4. The largest absolute Gasteiger partial charge is 0.458 e. The predicted octanol–water partition coefficient (Wildman–Crippen LogP) is 4.62. The number of benzene rings is 2. The van der Waals surface area contributed by atoms with Gasteiger partial charge >= 0.3 is 23.9 Å². The lowest BCUT2D eigenvalue weighted by Gasteiger charge is -2.16. The molecule has 0 fully saturated rings. The van der Waals surface area contributed by atoms with Crippen LogP contribution in [0.1, 0.15) is 51.3 Å². The van der Waals surface area contributed by atoms with Crippen LogP contribution in [0.2, 0.25) is 0 Å². The fourth-order valence-corrected chi connectivity index (χ4v) is 3.26. The van der Waals surface area contributed by atoms with E-state index in [1.165, 1.54) is 12.1 Å². The fraction of sp³-hybridized carbons (Fsp3) is 0.241. The zero-order valence-corrected chi connectivity index (χ0v) is 20.6. The summed E-state index contributed by atoms with van der Waals surface area (Å²) in [6, 6.07) is 14.5. The second-order valence-corrected chi connectivity index (χ2v) is 8.22. The minimum absolute atomic E-state index is 0.0000871. The highest BCUT2D eigenvalue weighted by molar-refractivity contribution is 6.03. The topological polar surface area (TPSA) is 105 Å². The molecule has 192 valence electrons. The minimum Gasteiger partial charge on any atom is -0.458 e. The highest BCUT2D eigenvalue weighted by Gasteiger charge is 2.23. The van der Waals surface area contributed by atoms with E-state index in [2.05, 4.69) is 0 Å². The summed E-state index contributed by atoms with van der Waals surface area (Å²) < 4.78 is 21.2. The van der Waals surface area contributed by atoms with E-state index in [9.17, 15) is 19.2 Å². The van der Waals surface area contributed by atoms with Crippen molar-refractivity contribution in [1.29, 1.82) is 0 Å². The molecule has 2 unspecified atom stereocenters. The third-order valence-electron chi connectivity index (χ3n) is 5.12. The van der Waals surface area contributed by atoms with Gasteiger partial charge in [0.1, 0.15) is 25.4 Å². The Morgan fingerprint density at radius 1 is 0.703 bits per heavy atom. The molecule has 2 aromatic rings. The minimum atomic E-state index is -0.769. The SMILES string of the molecule is CC(COC(=O)c1ccccc1C(=O)OC(C)COC(=O)C1=CCC=CC=C1)OC(=O)c1ccccc1. The Hall–Kier alpha value is -4.46. The first-order valence-electron chi connectivity index (χ1n) is 11.8. The first-order chi connectivity index (χ1) is 17.8. The molecule has 0 aliphatic heterocycles. The van der Waals surface area contributed by atoms with E-state index in [1.807, 2.05) is 12.2 Å². The van der Waals surface area contributed by atoms with Crippen LogP contribution in [-0.2, 0) is 23.7 Å². The van der Waals surface area contributed by atoms with E-state index in [0.29, 0.717) is 17.6 Å². The summed E-state index contributed by atoms with van der Waals surface area (Å²) in [4.78, 5) is 49.8. The van der Waals surface area contributed by atoms with E-state index in [4.69, 9.17) is 18.9 Å². The molecular weight excluding hydrogens is 476 g/mol. The Bertz CT molecular complexity index is 1210. The maximum absolute atomic E-state index is 12.7. The molecule has 0 amide bonds. The number of hydrogen-bond donors (Lipinski definition) is 0. The average molecular weight is 505 g/mol. The van der Waals surface area contributed by atoms with Crippen LogP contribution in [0, 0.1) is 0 Å². The molecule has 0 N–H and O–H groups in total. The molecule has 8 nitrogen and oxygen atoms in total. The van der Waals surface area contributed by atoms with Crippen LogP contribution in [0.5, 0.6) is 0 Å². The molecule has 0 aromatic heterocycles. The Kier molecular flexibility index (Phi) is 9.96. The van der Waals surface area contributed by atoms with Gasteiger partial charge in [0.25, 0.3) is 0 Å². The third kappa shape index (κ3) is 8.31. The Labute approximate surface area is 215 Å². The molecule has 8 heteroatoms. The normalized spacial score (nSPS) is 13.9. The molecule has 0 bridgehead atoms. The number of esters is 4. The standard InChI is InChI=1S/C29H28O8/c1-20(36-27(31)23-14-8-5-9-15-23)19-35-28(32)24-16-10-11-17-25(24)29(33)37-21(2)18-34-26(30)22-12-6-3-4-7-13-22/h3-6,8-17,20-21H,7,18-19H2,1-2H3. The maximum atomic E-state index is 12.7. The van der Waals surface area contributed by atoms with Crippen molar-refractivity contribution >= 4 is 23.9 Å². The quantitative estimate of drug-likeness (QED) is 0.341. The Morgan fingerprint density at radius 3 is 1.95 bits per heavy atom. The van der Waals surface area contributed by atoms with Crippen LogP contribution < -0.4 is 0 Å². The van der Waals surface area contributed by atoms with Gasteiger partial charge in [-0.15, -0.1) is 0 Å². The van der Waals surface area contributed by atoms with Crippen LogP contribution in [0.3, 0.4) is 0 Å². The number of carbonyl (C=O) groups is 4. The van der Waals surface area contributed by atoms with Crippen LogP contribution in [0.15, 0.2) is 90.6 Å². The summed E-state index contributed by atoms with van der Waals surface area (Å²) in [5.74, 6) is -2.59. The molecule has 0 spiro atoms. The van der Waals surface area contributed by atoms with Crippen molar-refractivity contribution in [2.75, 3.05) is 13.2 Å². The van der Waals surface area contributed by atoms with Crippen LogP contribution in [-0.4, -0.2) is 49.3 Å². The van der Waals surface area contributed by atoms with Gasteiger partial charge in [-0.2, -0.15) is 0 Å². The summed E-state index contributed by atoms with van der Waals surface area (Å²) >= 11 is 0. The first kappa shape index (κ1) is 27.1. The van der Waals surface area contributed by atoms with Gasteiger partial charge < -0.3 is 18.9 Å². The number of hydrogen-bond acceptors (Lipinski definition) is 8. The highest BCUT2D eigenvalue weighted by Crippen LogP contribution is 2.15. The predicted molar refractivity (Wildman–Crippen MR) is 135 cm³/mol. The molecule has 37 heavy (non-hydrogen) atoms. The first-order valence-corrected chi connectivity index (χ1v) is 11.8. The van der Waals surface area contributed by atoms with Gasteiger partial charge in [0.2, 0.25) is 0 Å². The van der Waals surface area contributed by atoms with E-state index in [1.54, 1.807) is 74.5 Å². The highest BCUT2D eigenvalue weighted by atomic mass is 16.6. The van der Waals surface area contributed by atoms with Gasteiger partial charge in [-0.25, -0.2) is 19.2 Å². The molecule has 2 atom stereocenters. The summed E-state index contributed by atoms with van der Waals surface area (Å²) in [6.07, 6.45) is 8.02. The fourth-order valence-electron chi connectivity index (χ4n) is 3.26. The second-order valence-electron chi connectivity index (χ2n) is 8.22. The zero-order chi connectivity index (χ0) is 26.6. The summed E-state index contributed by atoms with van der Waals surface area (Å²) in [7, 11) is 0. The molecule has 2 aromatic carbocycles. The van der Waals surface area contributed by atoms with E-state index in [0.717, 1.165) is 0 Å². The van der Waals surface area contributed by atoms with Crippen molar-refractivity contribution in [2.45, 2.75) is 32.5 Å². The van der Waals surface area contributed by atoms with Gasteiger partial charge in [-0.3, -0.25) is 0 Å². The van der Waals surface area contributed by atoms with Crippen molar-refractivity contribution in [2.24, 2.45) is 0 Å². The molecular formula is C29H28O8. The molecule has 0 radical (unpaired) electrons. The lowest BCUT2D eigenvalue weighted by Crippen LogP contribution is -2.25. The maximum Gasteiger partial charge on any atom is 0.339 e. The van der Waals surface area contributed by atoms with Gasteiger partial charge in [-0.1, -0.05) is 54.6 Å². The smallest absolute Gasteiger partial charge is 0.339 e. The number of rotatable bonds is 10. The van der Waals surface area contributed by atoms with Gasteiger partial charge in [0.15, 0.2) is 0 Å². The van der Waals surface area contributed by atoms with Gasteiger partial charge in [-0.05, 0) is 50.6 Å². The number of ether oxygens (including phenoxy) is 4. The molecule has 3 rings (SSSR count). The second kappa shape index (κ2) is 13.6. The monoisotopic (exact) mass is 504 g/mol. The molecule has 1 aliphatic rings. The Morgan fingerprint density at radius 2 is 1.27 bits per heavy atom. The van der Waals surface area contributed by atoms with Crippen LogP contribution >= 0.6 is 0 Å². The van der Waals surface area contributed by atoms with Crippen molar-refractivity contribution in [3.63, 3.8) is 0 Å². The zero-order valence-electron chi connectivity index (χ0n) is 20.6. The van der Waals surface area contributed by atoms with E-state index >= 15 is 0 Å². The van der Waals surface area contributed by atoms with Crippen LogP contribution in [0.25, 0.3) is 0 Å². The van der Waals surface area contributed by atoms with Crippen molar-refractivity contribution in [3.05, 3.63) is 107 Å². The van der Waals surface area contributed by atoms with Crippen molar-refractivity contribution < 1.29 is 38.1 Å². The molecule has 0 saturated heterocycles. The van der Waals surface area contributed by atoms with Crippen molar-refractivity contribution in [1.82, 2.24) is 0 Å². The molecule has 0 heterocycles. The molecule has 1 aliphatic carbocycles. The lowest BCUT2D eigenvalue weighted by atomic mass is 10.1. The van der Waals surface area contributed by atoms with Gasteiger partial charge in [0.05, 0.1) is 22.3 Å². The average Bonchev–Trinajstić information content (AvgIpc) is 3.20. The van der Waals surface area contributed by atoms with Crippen molar-refractivity contribution in [3.8, 4) is 0 Å². The summed E-state index contributed by atoms with van der Waals surface area (Å²) in [5.41, 5.74) is 0.799.